The van der Waals surface area contributed by atoms with Gasteiger partial charge in [0.25, 0.3) is 0 Å². The van der Waals surface area contributed by atoms with Gasteiger partial charge in [0, 0.05) is 29.1 Å². The second-order valence-corrected chi connectivity index (χ2v) is 9.54. The summed E-state index contributed by atoms with van der Waals surface area (Å²) in [5.41, 5.74) is 0. The number of carbonyl (C=O) groups is 1. The van der Waals surface area contributed by atoms with E-state index in [0.717, 1.165) is 0 Å². The Kier molecular flexibility index (Phi) is 7.40. The molecule has 2 aromatic rings. The Bertz CT molecular complexity index is 926. The van der Waals surface area contributed by atoms with E-state index >= 15 is 0 Å². The van der Waals surface area contributed by atoms with Crippen LogP contribution in [0.1, 0.15) is 12.8 Å². The van der Waals surface area contributed by atoms with Crippen LogP contribution in [0.15, 0.2) is 53.4 Å². The maximum absolute atomic E-state index is 12.7. The van der Waals surface area contributed by atoms with Gasteiger partial charge in [-0.05, 0) is 61.4 Å². The molecule has 0 atom stereocenters. The topological polar surface area (TPSA) is 75.7 Å². The number of nitrogens with one attached hydrogen (secondary N) is 1. The lowest BCUT2D eigenvalue weighted by Gasteiger charge is -2.30. The van der Waals surface area contributed by atoms with Crippen molar-refractivity contribution < 1.29 is 17.9 Å². The smallest absolute Gasteiger partial charge is 0.243 e. The van der Waals surface area contributed by atoms with Crippen LogP contribution in [-0.2, 0) is 14.8 Å². The zero-order valence-electron chi connectivity index (χ0n) is 15.7. The molecular weight excluding hydrogens is 435 g/mol. The van der Waals surface area contributed by atoms with Crippen molar-refractivity contribution in [3.05, 3.63) is 58.6 Å². The summed E-state index contributed by atoms with van der Waals surface area (Å²) < 4.78 is 32.4. The standard InChI is InChI=1S/C20H22Cl2N2O4S/c21-16-1-5-18(6-2-16)28-14-11-23-20(25)15-9-12-24(13-10-15)29(26,27)19-7-3-17(22)4-8-19/h1-8,15H,9-14H2,(H,23,25). The molecule has 0 radical (unpaired) electrons. The molecule has 1 saturated heterocycles. The summed E-state index contributed by atoms with van der Waals surface area (Å²) in [4.78, 5) is 12.6. The average molecular weight is 457 g/mol. The largest absolute Gasteiger partial charge is 0.492 e. The molecule has 0 aliphatic carbocycles. The molecule has 6 nitrogen and oxygen atoms in total. The Hall–Kier alpha value is -1.80. The van der Waals surface area contributed by atoms with Crippen molar-refractivity contribution >= 4 is 39.1 Å². The fraction of sp³-hybridized carbons (Fsp3) is 0.350. The maximum Gasteiger partial charge on any atom is 0.243 e. The van der Waals surface area contributed by atoms with Crippen molar-refractivity contribution in [1.29, 1.82) is 0 Å². The number of sulfonamides is 1. The number of rotatable bonds is 7. The van der Waals surface area contributed by atoms with Crippen LogP contribution in [-0.4, -0.2) is 44.9 Å². The van der Waals surface area contributed by atoms with Gasteiger partial charge in [-0.1, -0.05) is 23.2 Å². The first-order chi connectivity index (χ1) is 13.9. The molecule has 2 aromatic carbocycles. The van der Waals surface area contributed by atoms with E-state index in [1.165, 1.54) is 16.4 Å². The van der Waals surface area contributed by atoms with Crippen molar-refractivity contribution in [2.24, 2.45) is 5.92 Å². The lowest BCUT2D eigenvalue weighted by Crippen LogP contribution is -2.43. The molecule has 0 spiro atoms. The minimum Gasteiger partial charge on any atom is -0.492 e. The van der Waals surface area contributed by atoms with Gasteiger partial charge in [-0.3, -0.25) is 4.79 Å². The van der Waals surface area contributed by atoms with Crippen LogP contribution in [0.5, 0.6) is 5.75 Å². The normalized spacial score (nSPS) is 15.8. The zero-order valence-corrected chi connectivity index (χ0v) is 18.0. The second-order valence-electron chi connectivity index (χ2n) is 6.73. The van der Waals surface area contributed by atoms with Crippen LogP contribution in [0.25, 0.3) is 0 Å². The summed E-state index contributed by atoms with van der Waals surface area (Å²) in [7, 11) is -3.57. The van der Waals surface area contributed by atoms with E-state index in [2.05, 4.69) is 5.32 Å². The predicted molar refractivity (Wildman–Crippen MR) is 113 cm³/mol. The van der Waals surface area contributed by atoms with E-state index in [1.54, 1.807) is 36.4 Å². The van der Waals surface area contributed by atoms with Gasteiger partial charge < -0.3 is 10.1 Å². The molecule has 0 unspecified atom stereocenters. The molecule has 1 aliphatic rings. The highest BCUT2D eigenvalue weighted by Gasteiger charge is 2.31. The summed E-state index contributed by atoms with van der Waals surface area (Å²) in [5, 5.41) is 3.97. The van der Waals surface area contributed by atoms with Crippen LogP contribution in [0.4, 0.5) is 0 Å². The molecule has 9 heteroatoms. The molecule has 0 aromatic heterocycles. The van der Waals surface area contributed by atoms with E-state index in [1.807, 2.05) is 0 Å². The fourth-order valence-electron chi connectivity index (χ4n) is 3.13. The molecule has 0 bridgehead atoms. The number of halogens is 2. The Balaban J connectivity index is 1.43. The zero-order chi connectivity index (χ0) is 20.9. The molecule has 1 N–H and O–H groups in total. The molecular formula is C20H22Cl2N2O4S. The monoisotopic (exact) mass is 456 g/mol. The molecule has 1 aliphatic heterocycles. The van der Waals surface area contributed by atoms with Crippen molar-refractivity contribution in [3.8, 4) is 5.75 Å². The van der Waals surface area contributed by atoms with Crippen LogP contribution in [0, 0.1) is 5.92 Å². The molecule has 3 rings (SSSR count). The Morgan fingerprint density at radius 1 is 1.00 bits per heavy atom. The van der Waals surface area contributed by atoms with Gasteiger partial charge in [-0.2, -0.15) is 4.31 Å². The predicted octanol–water partition coefficient (Wildman–Crippen LogP) is 3.59. The summed E-state index contributed by atoms with van der Waals surface area (Å²) in [6.45, 7) is 1.34. The number of ether oxygens (including phenoxy) is 1. The van der Waals surface area contributed by atoms with Gasteiger partial charge >= 0.3 is 0 Å². The number of hydrogen-bond donors (Lipinski definition) is 1. The van der Waals surface area contributed by atoms with E-state index < -0.39 is 10.0 Å². The first-order valence-electron chi connectivity index (χ1n) is 9.28. The van der Waals surface area contributed by atoms with Crippen molar-refractivity contribution in [3.63, 3.8) is 0 Å². The molecule has 0 saturated carbocycles. The number of amides is 1. The molecule has 1 fully saturated rings. The van der Waals surface area contributed by atoms with Gasteiger partial charge in [-0.15, -0.1) is 0 Å². The first kappa shape index (κ1) is 21.9. The Morgan fingerprint density at radius 3 is 2.14 bits per heavy atom. The summed E-state index contributed by atoms with van der Waals surface area (Å²) >= 11 is 11.6. The summed E-state index contributed by atoms with van der Waals surface area (Å²) in [5.74, 6) is 0.403. The lowest BCUT2D eigenvalue weighted by atomic mass is 9.97. The fourth-order valence-corrected chi connectivity index (χ4v) is 4.85. The van der Waals surface area contributed by atoms with Gasteiger partial charge in [-0.25, -0.2) is 8.42 Å². The Morgan fingerprint density at radius 2 is 1.55 bits per heavy atom. The SMILES string of the molecule is O=C(NCCOc1ccc(Cl)cc1)C1CCN(S(=O)(=O)c2ccc(Cl)cc2)CC1. The van der Waals surface area contributed by atoms with Crippen LogP contribution in [0.2, 0.25) is 10.0 Å². The van der Waals surface area contributed by atoms with Crippen LogP contribution in [0.3, 0.4) is 0 Å². The highest BCUT2D eigenvalue weighted by atomic mass is 35.5. The minimum absolute atomic E-state index is 0.0757. The third kappa shape index (κ3) is 5.85. The quantitative estimate of drug-likeness (QED) is 0.645. The third-order valence-electron chi connectivity index (χ3n) is 4.76. The van der Waals surface area contributed by atoms with E-state index in [4.69, 9.17) is 27.9 Å². The highest BCUT2D eigenvalue weighted by molar-refractivity contribution is 7.89. The van der Waals surface area contributed by atoms with E-state index in [9.17, 15) is 13.2 Å². The molecule has 1 heterocycles. The number of benzene rings is 2. The van der Waals surface area contributed by atoms with Gasteiger partial charge in [0.15, 0.2) is 0 Å². The average Bonchev–Trinajstić information content (AvgIpc) is 2.73. The van der Waals surface area contributed by atoms with E-state index in [0.29, 0.717) is 54.9 Å². The van der Waals surface area contributed by atoms with Crippen molar-refractivity contribution in [2.75, 3.05) is 26.2 Å². The molecule has 1 amide bonds. The highest BCUT2D eigenvalue weighted by Crippen LogP contribution is 2.25. The summed E-state index contributed by atoms with van der Waals surface area (Å²) in [6, 6.07) is 13.1. The van der Waals surface area contributed by atoms with Crippen molar-refractivity contribution in [2.45, 2.75) is 17.7 Å². The van der Waals surface area contributed by atoms with Crippen LogP contribution < -0.4 is 10.1 Å². The molecule has 29 heavy (non-hydrogen) atoms. The number of piperidine rings is 1. The van der Waals surface area contributed by atoms with Gasteiger partial charge in [0.2, 0.25) is 15.9 Å². The second kappa shape index (κ2) is 9.80. The van der Waals surface area contributed by atoms with Gasteiger partial charge in [0.1, 0.15) is 12.4 Å². The number of nitrogens with zero attached hydrogens (tertiary/aromatic N) is 1. The third-order valence-corrected chi connectivity index (χ3v) is 7.18. The first-order valence-corrected chi connectivity index (χ1v) is 11.5. The van der Waals surface area contributed by atoms with E-state index in [-0.39, 0.29) is 16.7 Å². The lowest BCUT2D eigenvalue weighted by molar-refractivity contribution is -0.126. The van der Waals surface area contributed by atoms with Gasteiger partial charge in [0.05, 0.1) is 11.4 Å². The van der Waals surface area contributed by atoms with Crippen molar-refractivity contribution in [1.82, 2.24) is 9.62 Å². The minimum atomic E-state index is -3.57. The van der Waals surface area contributed by atoms with Crippen LogP contribution >= 0.6 is 23.2 Å². The molecule has 156 valence electrons. The number of hydrogen-bond acceptors (Lipinski definition) is 4. The maximum atomic E-state index is 12.7. The summed E-state index contributed by atoms with van der Waals surface area (Å²) in [6.07, 6.45) is 0.966. The Labute approximate surface area is 180 Å². The number of carbonyl (C=O) groups excluding carboxylic acids is 1.